The highest BCUT2D eigenvalue weighted by atomic mass is 32.1. The summed E-state index contributed by atoms with van der Waals surface area (Å²) in [5, 5.41) is 14.1. The first kappa shape index (κ1) is 18.2. The second-order valence-electron chi connectivity index (χ2n) is 5.73. The Balaban J connectivity index is 1.63. The largest absolute Gasteiger partial charge is 0.381 e. The van der Waals surface area contributed by atoms with Gasteiger partial charge in [0.25, 0.3) is 0 Å². The predicted octanol–water partition coefficient (Wildman–Crippen LogP) is 3.93. The third kappa shape index (κ3) is 3.97. The van der Waals surface area contributed by atoms with Crippen molar-refractivity contribution in [1.82, 2.24) is 14.5 Å². The number of amides is 1. The van der Waals surface area contributed by atoms with Gasteiger partial charge in [-0.05, 0) is 35.9 Å². The van der Waals surface area contributed by atoms with Crippen molar-refractivity contribution in [2.45, 2.75) is 33.7 Å². The van der Waals surface area contributed by atoms with E-state index in [1.165, 1.54) is 22.4 Å². The van der Waals surface area contributed by atoms with Gasteiger partial charge in [-0.15, -0.1) is 22.7 Å². The van der Waals surface area contributed by atoms with E-state index < -0.39 is 4.92 Å². The fourth-order valence-electron chi connectivity index (χ4n) is 2.45. The van der Waals surface area contributed by atoms with Gasteiger partial charge in [0, 0.05) is 29.6 Å². The van der Waals surface area contributed by atoms with Gasteiger partial charge in [-0.25, -0.2) is 4.98 Å². The number of nitro groups is 1. The molecule has 0 spiro atoms. The van der Waals surface area contributed by atoms with Gasteiger partial charge in [0.15, 0.2) is 5.13 Å². The molecule has 8 nitrogen and oxygen atoms in total. The zero-order chi connectivity index (χ0) is 18.8. The molecule has 10 heteroatoms. The summed E-state index contributed by atoms with van der Waals surface area (Å²) < 4.78 is 1.60. The number of thiazole rings is 1. The summed E-state index contributed by atoms with van der Waals surface area (Å²) in [5.74, 6) is 0.0997. The van der Waals surface area contributed by atoms with Crippen LogP contribution in [-0.4, -0.2) is 25.4 Å². The second kappa shape index (κ2) is 7.34. The summed E-state index contributed by atoms with van der Waals surface area (Å²) in [7, 11) is 0. The monoisotopic (exact) mass is 391 g/mol. The van der Waals surface area contributed by atoms with Crippen LogP contribution in [0.5, 0.6) is 0 Å². The number of thiophene rings is 1. The van der Waals surface area contributed by atoms with E-state index in [9.17, 15) is 14.9 Å². The molecule has 136 valence electrons. The van der Waals surface area contributed by atoms with Crippen LogP contribution in [0.4, 0.5) is 10.9 Å². The number of aryl methyl sites for hydroxylation is 4. The molecule has 3 heterocycles. The SMILES string of the molecule is Cc1ccc(-c2nc(NC(=O)CCn3cc([N+](=O)[O-])nc3C)sc2C)s1. The zero-order valence-corrected chi connectivity index (χ0v) is 16.1. The summed E-state index contributed by atoms with van der Waals surface area (Å²) in [6, 6.07) is 4.08. The van der Waals surface area contributed by atoms with Crippen LogP contribution in [0.15, 0.2) is 18.3 Å². The van der Waals surface area contributed by atoms with Gasteiger partial charge < -0.3 is 20.0 Å². The number of anilines is 1. The normalized spacial score (nSPS) is 10.9. The van der Waals surface area contributed by atoms with Gasteiger partial charge in [0.05, 0.1) is 10.6 Å². The molecule has 0 saturated heterocycles. The summed E-state index contributed by atoms with van der Waals surface area (Å²) >= 11 is 3.10. The third-order valence-corrected chi connectivity index (χ3v) is 5.64. The van der Waals surface area contributed by atoms with Crippen molar-refractivity contribution in [2.24, 2.45) is 0 Å². The fourth-order valence-corrected chi connectivity index (χ4v) is 4.27. The molecule has 3 rings (SSSR count). The van der Waals surface area contributed by atoms with E-state index in [1.807, 2.05) is 26.0 Å². The number of rotatable bonds is 6. The minimum atomic E-state index is -0.546. The van der Waals surface area contributed by atoms with Gasteiger partial charge in [0.2, 0.25) is 11.7 Å². The molecule has 0 atom stereocenters. The summed E-state index contributed by atoms with van der Waals surface area (Å²) in [6.07, 6.45) is 1.52. The van der Waals surface area contributed by atoms with Crippen molar-refractivity contribution in [3.05, 3.63) is 44.0 Å². The molecule has 0 aliphatic carbocycles. The Kier molecular flexibility index (Phi) is 5.14. The molecule has 0 saturated carbocycles. The predicted molar refractivity (Wildman–Crippen MR) is 102 cm³/mol. The Morgan fingerprint density at radius 1 is 1.27 bits per heavy atom. The molecule has 1 N–H and O–H groups in total. The van der Waals surface area contributed by atoms with Crippen molar-refractivity contribution >= 4 is 39.5 Å². The van der Waals surface area contributed by atoms with E-state index in [1.54, 1.807) is 22.8 Å². The van der Waals surface area contributed by atoms with Crippen LogP contribution in [-0.2, 0) is 11.3 Å². The molecular weight excluding hydrogens is 374 g/mol. The standard InChI is InChI=1S/C16H17N5O3S2/c1-9-4-5-12(25-9)15-10(2)26-16(19-15)18-14(22)6-7-20-8-13(21(23)24)17-11(20)3/h4-5,8H,6-7H2,1-3H3,(H,18,19,22). The Bertz CT molecular complexity index is 973. The molecule has 0 bridgehead atoms. The van der Waals surface area contributed by atoms with E-state index >= 15 is 0 Å². The average Bonchev–Trinajstić information content (AvgIpc) is 3.25. The number of nitrogens with one attached hydrogen (secondary N) is 1. The van der Waals surface area contributed by atoms with E-state index in [0.717, 1.165) is 15.4 Å². The minimum Gasteiger partial charge on any atom is -0.358 e. The molecular formula is C16H17N5O3S2. The van der Waals surface area contributed by atoms with Gasteiger partial charge in [-0.1, -0.05) is 0 Å². The third-order valence-electron chi connectivity index (χ3n) is 3.75. The molecule has 3 aromatic heterocycles. The fraction of sp³-hybridized carbons (Fsp3) is 0.312. The molecule has 3 aromatic rings. The first-order valence-electron chi connectivity index (χ1n) is 7.85. The van der Waals surface area contributed by atoms with Gasteiger partial charge in [-0.3, -0.25) is 4.79 Å². The molecule has 0 aliphatic rings. The molecule has 26 heavy (non-hydrogen) atoms. The van der Waals surface area contributed by atoms with Crippen molar-refractivity contribution in [2.75, 3.05) is 5.32 Å². The molecule has 0 unspecified atom stereocenters. The Hall–Kier alpha value is -2.59. The van der Waals surface area contributed by atoms with Crippen LogP contribution in [0.25, 0.3) is 10.6 Å². The lowest BCUT2D eigenvalue weighted by Crippen LogP contribution is -2.14. The van der Waals surface area contributed by atoms with Crippen LogP contribution in [0.3, 0.4) is 0 Å². The number of hydrogen-bond donors (Lipinski definition) is 1. The first-order valence-corrected chi connectivity index (χ1v) is 9.49. The van der Waals surface area contributed by atoms with Crippen LogP contribution in [0.1, 0.15) is 22.0 Å². The average molecular weight is 391 g/mol. The maximum Gasteiger partial charge on any atom is 0.381 e. The highest BCUT2D eigenvalue weighted by Crippen LogP contribution is 2.34. The van der Waals surface area contributed by atoms with Gasteiger partial charge in [-0.2, -0.15) is 0 Å². The maximum absolute atomic E-state index is 12.2. The van der Waals surface area contributed by atoms with E-state index in [2.05, 4.69) is 15.3 Å². The molecule has 1 amide bonds. The number of imidazole rings is 1. The molecule has 0 aliphatic heterocycles. The lowest BCUT2D eigenvalue weighted by atomic mass is 10.3. The number of nitrogens with zero attached hydrogens (tertiary/aromatic N) is 4. The minimum absolute atomic E-state index is 0.181. The molecule has 0 fully saturated rings. The lowest BCUT2D eigenvalue weighted by Gasteiger charge is -2.03. The van der Waals surface area contributed by atoms with Gasteiger partial charge in [0.1, 0.15) is 6.20 Å². The highest BCUT2D eigenvalue weighted by molar-refractivity contribution is 7.18. The maximum atomic E-state index is 12.2. The van der Waals surface area contributed by atoms with Crippen LogP contribution >= 0.6 is 22.7 Å². The van der Waals surface area contributed by atoms with Crippen molar-refractivity contribution in [3.8, 4) is 10.6 Å². The van der Waals surface area contributed by atoms with Crippen LogP contribution in [0, 0.1) is 30.9 Å². The lowest BCUT2D eigenvalue weighted by molar-refractivity contribution is -0.389. The van der Waals surface area contributed by atoms with E-state index in [-0.39, 0.29) is 18.1 Å². The summed E-state index contributed by atoms with van der Waals surface area (Å²) in [4.78, 5) is 34.1. The number of carbonyl (C=O) groups excluding carboxylic acids is 1. The summed E-state index contributed by atoms with van der Waals surface area (Å²) in [6.45, 7) is 6.01. The zero-order valence-electron chi connectivity index (χ0n) is 14.5. The Morgan fingerprint density at radius 2 is 2.04 bits per heavy atom. The smallest absolute Gasteiger partial charge is 0.358 e. The van der Waals surface area contributed by atoms with Gasteiger partial charge >= 0.3 is 5.82 Å². The van der Waals surface area contributed by atoms with E-state index in [4.69, 9.17) is 0 Å². The quantitative estimate of drug-likeness (QED) is 0.506. The number of aromatic nitrogens is 3. The molecule has 0 radical (unpaired) electrons. The first-order chi connectivity index (χ1) is 12.3. The topological polar surface area (TPSA) is 103 Å². The number of hydrogen-bond acceptors (Lipinski definition) is 7. The Morgan fingerprint density at radius 3 is 2.65 bits per heavy atom. The van der Waals surface area contributed by atoms with Crippen molar-refractivity contribution in [3.63, 3.8) is 0 Å². The second-order valence-corrected chi connectivity index (χ2v) is 8.22. The molecule has 0 aromatic carbocycles. The van der Waals surface area contributed by atoms with Crippen molar-refractivity contribution < 1.29 is 9.72 Å². The number of carbonyl (C=O) groups is 1. The van der Waals surface area contributed by atoms with Crippen LogP contribution < -0.4 is 5.32 Å². The summed E-state index contributed by atoms with van der Waals surface area (Å²) in [5.41, 5.74) is 0.893. The Labute approximate surface area is 157 Å². The van der Waals surface area contributed by atoms with Crippen molar-refractivity contribution in [1.29, 1.82) is 0 Å². The highest BCUT2D eigenvalue weighted by Gasteiger charge is 2.17. The van der Waals surface area contributed by atoms with E-state index in [0.29, 0.717) is 17.5 Å². The van der Waals surface area contributed by atoms with Crippen LogP contribution in [0.2, 0.25) is 0 Å².